The molecule has 3 rings (SSSR count). The maximum Gasteiger partial charge on any atom is 0.148 e. The molecular weight excluding hydrogens is 333 g/mol. The van der Waals surface area contributed by atoms with E-state index in [1.807, 2.05) is 36.6 Å². The molecule has 0 unspecified atom stereocenters. The third-order valence-corrected chi connectivity index (χ3v) is 4.02. The van der Waals surface area contributed by atoms with Crippen molar-refractivity contribution < 1.29 is 4.39 Å². The molecule has 0 saturated carbocycles. The molecule has 0 aliphatic heterocycles. The molecule has 0 atom stereocenters. The summed E-state index contributed by atoms with van der Waals surface area (Å²) in [6.45, 7) is 4.08. The van der Waals surface area contributed by atoms with Gasteiger partial charge in [0.1, 0.15) is 11.6 Å². The van der Waals surface area contributed by atoms with E-state index < -0.39 is 0 Å². The van der Waals surface area contributed by atoms with E-state index in [1.54, 1.807) is 12.1 Å². The van der Waals surface area contributed by atoms with E-state index >= 15 is 0 Å². The van der Waals surface area contributed by atoms with Crippen molar-refractivity contribution >= 4 is 32.7 Å². The molecule has 0 fully saturated rings. The van der Waals surface area contributed by atoms with Crippen LogP contribution >= 0.6 is 15.9 Å². The van der Waals surface area contributed by atoms with Crippen LogP contribution < -0.4 is 5.73 Å². The van der Waals surface area contributed by atoms with E-state index in [0.717, 1.165) is 16.9 Å². The van der Waals surface area contributed by atoms with E-state index in [4.69, 9.17) is 5.73 Å². The zero-order valence-electron chi connectivity index (χ0n) is 11.8. The number of aromatic nitrogens is 2. The minimum atomic E-state index is -0.289. The van der Waals surface area contributed by atoms with Gasteiger partial charge in [-0.1, -0.05) is 19.9 Å². The zero-order chi connectivity index (χ0) is 15.1. The Balaban J connectivity index is 2.42. The van der Waals surface area contributed by atoms with Crippen LogP contribution in [0, 0.1) is 5.82 Å². The second-order valence-corrected chi connectivity index (χ2v) is 6.13. The van der Waals surface area contributed by atoms with Crippen molar-refractivity contribution in [2.45, 2.75) is 19.8 Å². The van der Waals surface area contributed by atoms with Crippen LogP contribution in [0.4, 0.5) is 10.1 Å². The Morgan fingerprint density at radius 3 is 2.67 bits per heavy atom. The normalized spacial score (nSPS) is 11.5. The highest BCUT2D eigenvalue weighted by atomic mass is 79.9. The summed E-state index contributed by atoms with van der Waals surface area (Å²) in [5.74, 6) is 0.675. The van der Waals surface area contributed by atoms with Crippen molar-refractivity contribution in [2.24, 2.45) is 0 Å². The van der Waals surface area contributed by atoms with E-state index in [9.17, 15) is 4.39 Å². The van der Waals surface area contributed by atoms with E-state index in [-0.39, 0.29) is 11.7 Å². The summed E-state index contributed by atoms with van der Waals surface area (Å²) < 4.78 is 16.9. The highest BCUT2D eigenvalue weighted by Crippen LogP contribution is 2.32. The monoisotopic (exact) mass is 347 g/mol. The molecule has 5 heteroatoms. The first-order chi connectivity index (χ1) is 9.99. The fourth-order valence-corrected chi connectivity index (χ4v) is 2.96. The quantitative estimate of drug-likeness (QED) is 0.686. The van der Waals surface area contributed by atoms with E-state index in [2.05, 4.69) is 20.9 Å². The Labute approximate surface area is 130 Å². The molecule has 0 amide bonds. The van der Waals surface area contributed by atoms with Gasteiger partial charge in [-0.3, -0.25) is 4.57 Å². The standard InChI is InChI=1S/C16H15BrFN3/c1-9(2)16-20-13-8-10(19)6-7-14(13)21(16)15-11(17)4-3-5-12(15)18/h3-9H,19H2,1-2H3. The number of rotatable bonds is 2. The largest absolute Gasteiger partial charge is 0.399 e. The number of imidazole rings is 1. The number of para-hydroxylation sites is 1. The van der Waals surface area contributed by atoms with Crippen molar-refractivity contribution in [3.8, 4) is 5.69 Å². The van der Waals surface area contributed by atoms with Crippen LogP contribution in [0.25, 0.3) is 16.7 Å². The van der Waals surface area contributed by atoms with E-state index in [0.29, 0.717) is 15.8 Å². The van der Waals surface area contributed by atoms with Gasteiger partial charge in [0.15, 0.2) is 0 Å². The summed E-state index contributed by atoms with van der Waals surface area (Å²) in [7, 11) is 0. The molecule has 0 spiro atoms. The summed E-state index contributed by atoms with van der Waals surface area (Å²) in [5, 5.41) is 0. The van der Waals surface area contributed by atoms with Crippen LogP contribution in [-0.4, -0.2) is 9.55 Å². The molecular formula is C16H15BrFN3. The number of anilines is 1. The lowest BCUT2D eigenvalue weighted by atomic mass is 10.2. The maximum absolute atomic E-state index is 14.4. The van der Waals surface area contributed by atoms with Crippen LogP contribution in [0.2, 0.25) is 0 Å². The number of benzene rings is 2. The van der Waals surface area contributed by atoms with Crippen molar-refractivity contribution in [2.75, 3.05) is 5.73 Å². The molecule has 3 nitrogen and oxygen atoms in total. The number of hydrogen-bond acceptors (Lipinski definition) is 2. The van der Waals surface area contributed by atoms with Gasteiger partial charge in [-0.05, 0) is 46.3 Å². The first-order valence-electron chi connectivity index (χ1n) is 6.71. The molecule has 0 saturated heterocycles. The first kappa shape index (κ1) is 14.1. The number of nitrogen functional groups attached to an aromatic ring is 1. The van der Waals surface area contributed by atoms with Crippen molar-refractivity contribution in [3.05, 3.63) is 52.5 Å². The molecule has 2 aromatic carbocycles. The number of nitrogens with two attached hydrogens (primary N) is 1. The predicted molar refractivity (Wildman–Crippen MR) is 87.2 cm³/mol. The molecule has 1 aromatic heterocycles. The maximum atomic E-state index is 14.4. The van der Waals surface area contributed by atoms with Gasteiger partial charge in [-0.2, -0.15) is 0 Å². The van der Waals surface area contributed by atoms with Gasteiger partial charge < -0.3 is 5.73 Å². The van der Waals surface area contributed by atoms with Crippen LogP contribution in [0.15, 0.2) is 40.9 Å². The minimum absolute atomic E-state index is 0.158. The Bertz CT molecular complexity index is 803. The summed E-state index contributed by atoms with van der Waals surface area (Å²) in [6, 6.07) is 10.4. The number of fused-ring (bicyclic) bond motifs is 1. The highest BCUT2D eigenvalue weighted by molar-refractivity contribution is 9.10. The fraction of sp³-hybridized carbons (Fsp3) is 0.188. The molecule has 0 radical (unpaired) electrons. The topological polar surface area (TPSA) is 43.8 Å². The number of halogens is 2. The van der Waals surface area contributed by atoms with Crippen LogP contribution in [0.5, 0.6) is 0 Å². The third kappa shape index (κ3) is 2.31. The Kier molecular flexibility index (Phi) is 3.45. The van der Waals surface area contributed by atoms with Crippen LogP contribution in [0.1, 0.15) is 25.6 Å². The summed E-state index contributed by atoms with van der Waals surface area (Å²) in [5.41, 5.74) is 8.57. The lowest BCUT2D eigenvalue weighted by Gasteiger charge is -2.14. The molecule has 0 bridgehead atoms. The summed E-state index contributed by atoms with van der Waals surface area (Å²) in [6.07, 6.45) is 0. The average Bonchev–Trinajstić information content (AvgIpc) is 2.77. The molecule has 108 valence electrons. The highest BCUT2D eigenvalue weighted by Gasteiger charge is 2.19. The lowest BCUT2D eigenvalue weighted by Crippen LogP contribution is -2.06. The van der Waals surface area contributed by atoms with E-state index in [1.165, 1.54) is 6.07 Å². The van der Waals surface area contributed by atoms with Gasteiger partial charge in [0.2, 0.25) is 0 Å². The van der Waals surface area contributed by atoms with Gasteiger partial charge in [0, 0.05) is 16.1 Å². The summed E-state index contributed by atoms with van der Waals surface area (Å²) in [4.78, 5) is 4.63. The van der Waals surface area contributed by atoms with Gasteiger partial charge in [-0.15, -0.1) is 0 Å². The van der Waals surface area contributed by atoms with Crippen LogP contribution in [-0.2, 0) is 0 Å². The number of hydrogen-bond donors (Lipinski definition) is 1. The molecule has 1 heterocycles. The third-order valence-electron chi connectivity index (χ3n) is 3.38. The zero-order valence-corrected chi connectivity index (χ0v) is 13.4. The first-order valence-corrected chi connectivity index (χ1v) is 7.50. The van der Waals surface area contributed by atoms with Gasteiger partial charge in [-0.25, -0.2) is 9.37 Å². The molecule has 3 aromatic rings. The molecule has 2 N–H and O–H groups in total. The van der Waals surface area contributed by atoms with Crippen molar-refractivity contribution in [1.29, 1.82) is 0 Å². The SMILES string of the molecule is CC(C)c1nc2cc(N)ccc2n1-c1c(F)cccc1Br. The van der Waals surface area contributed by atoms with Gasteiger partial charge in [0.05, 0.1) is 16.7 Å². The second-order valence-electron chi connectivity index (χ2n) is 5.28. The van der Waals surface area contributed by atoms with Crippen LogP contribution in [0.3, 0.4) is 0 Å². The Morgan fingerprint density at radius 1 is 1.24 bits per heavy atom. The Hall–Kier alpha value is -1.88. The molecule has 0 aliphatic carbocycles. The fourth-order valence-electron chi connectivity index (χ4n) is 2.44. The predicted octanol–water partition coefficient (Wildman–Crippen LogP) is 4.63. The van der Waals surface area contributed by atoms with Crippen molar-refractivity contribution in [3.63, 3.8) is 0 Å². The molecule has 0 aliphatic rings. The van der Waals surface area contributed by atoms with Crippen molar-refractivity contribution in [1.82, 2.24) is 9.55 Å². The minimum Gasteiger partial charge on any atom is -0.399 e. The smallest absolute Gasteiger partial charge is 0.148 e. The van der Waals surface area contributed by atoms with Gasteiger partial charge in [0.25, 0.3) is 0 Å². The Morgan fingerprint density at radius 2 is 2.00 bits per heavy atom. The lowest BCUT2D eigenvalue weighted by molar-refractivity contribution is 0.612. The second kappa shape index (κ2) is 5.15. The van der Waals surface area contributed by atoms with Gasteiger partial charge >= 0.3 is 0 Å². The summed E-state index contributed by atoms with van der Waals surface area (Å²) >= 11 is 3.44. The molecule has 21 heavy (non-hydrogen) atoms. The number of nitrogens with zero attached hydrogens (tertiary/aromatic N) is 2. The average molecular weight is 348 g/mol.